The van der Waals surface area contributed by atoms with Crippen molar-refractivity contribution in [2.45, 2.75) is 12.6 Å². The second kappa shape index (κ2) is 6.39. The predicted molar refractivity (Wildman–Crippen MR) is 87.1 cm³/mol. The minimum Gasteiger partial charge on any atom is -0.349 e. The number of imidazole rings is 1. The Morgan fingerprint density at radius 3 is 2.87 bits per heavy atom. The van der Waals surface area contributed by atoms with Crippen LogP contribution in [0.5, 0.6) is 0 Å². The molecule has 0 aliphatic carbocycles. The standard InChI is InChI=1S/C15H17ClN6O/c1-17-14(10-5-19-21(2)7-10)15(23)18-6-12-9-22-8-11(16)3-4-13(22)20-12/h3-5,7-9,14,17H,6H2,1-2H3,(H,18,23). The van der Waals surface area contributed by atoms with E-state index in [0.29, 0.717) is 11.6 Å². The van der Waals surface area contributed by atoms with Crippen molar-refractivity contribution in [3.8, 4) is 0 Å². The van der Waals surface area contributed by atoms with E-state index in [1.165, 1.54) is 0 Å². The number of carbonyl (C=O) groups excluding carboxylic acids is 1. The molecule has 0 fully saturated rings. The number of hydrogen-bond acceptors (Lipinski definition) is 4. The Morgan fingerprint density at radius 1 is 1.35 bits per heavy atom. The number of aromatic nitrogens is 4. The topological polar surface area (TPSA) is 76.2 Å². The summed E-state index contributed by atoms with van der Waals surface area (Å²) in [5.74, 6) is -0.129. The minimum absolute atomic E-state index is 0.129. The lowest BCUT2D eigenvalue weighted by Gasteiger charge is -2.13. The molecule has 1 amide bonds. The summed E-state index contributed by atoms with van der Waals surface area (Å²) >= 11 is 5.95. The highest BCUT2D eigenvalue weighted by molar-refractivity contribution is 6.30. The Morgan fingerprint density at radius 2 is 2.17 bits per heavy atom. The first kappa shape index (κ1) is 15.5. The number of aryl methyl sites for hydroxylation is 1. The summed E-state index contributed by atoms with van der Waals surface area (Å²) in [5, 5.41) is 10.6. The number of likely N-dealkylation sites (N-methyl/N-ethyl adjacent to an activating group) is 1. The van der Waals surface area contributed by atoms with Crippen LogP contribution in [0.3, 0.4) is 0 Å². The van der Waals surface area contributed by atoms with Crippen molar-refractivity contribution in [1.29, 1.82) is 0 Å². The number of carbonyl (C=O) groups is 1. The predicted octanol–water partition coefficient (Wildman–Crippen LogP) is 1.30. The molecule has 0 spiro atoms. The molecule has 1 atom stereocenters. The Labute approximate surface area is 138 Å². The summed E-state index contributed by atoms with van der Waals surface area (Å²) in [5.41, 5.74) is 2.37. The van der Waals surface area contributed by atoms with E-state index in [9.17, 15) is 4.79 Å². The summed E-state index contributed by atoms with van der Waals surface area (Å²) in [7, 11) is 3.56. The van der Waals surface area contributed by atoms with Crippen LogP contribution in [0.2, 0.25) is 5.02 Å². The molecule has 7 nitrogen and oxygen atoms in total. The third-order valence-electron chi connectivity index (χ3n) is 3.52. The van der Waals surface area contributed by atoms with Crippen molar-refractivity contribution < 1.29 is 4.79 Å². The molecule has 0 radical (unpaired) electrons. The van der Waals surface area contributed by atoms with Gasteiger partial charge in [-0.2, -0.15) is 5.10 Å². The maximum Gasteiger partial charge on any atom is 0.242 e. The second-order valence-electron chi connectivity index (χ2n) is 5.23. The molecule has 0 saturated carbocycles. The third-order valence-corrected chi connectivity index (χ3v) is 3.74. The van der Waals surface area contributed by atoms with Gasteiger partial charge in [-0.15, -0.1) is 0 Å². The van der Waals surface area contributed by atoms with Crippen LogP contribution in [0.25, 0.3) is 5.65 Å². The normalized spacial score (nSPS) is 12.5. The van der Waals surface area contributed by atoms with E-state index in [1.54, 1.807) is 30.2 Å². The molecule has 23 heavy (non-hydrogen) atoms. The fourth-order valence-corrected chi connectivity index (χ4v) is 2.59. The Hall–Kier alpha value is -2.38. The fraction of sp³-hybridized carbons (Fsp3) is 0.267. The minimum atomic E-state index is -0.449. The molecule has 3 aromatic rings. The van der Waals surface area contributed by atoms with E-state index in [2.05, 4.69) is 20.7 Å². The zero-order valence-corrected chi connectivity index (χ0v) is 13.6. The van der Waals surface area contributed by atoms with Crippen LogP contribution in [0.15, 0.2) is 36.9 Å². The quantitative estimate of drug-likeness (QED) is 0.738. The molecule has 8 heteroatoms. The first-order valence-corrected chi connectivity index (χ1v) is 7.51. The van der Waals surface area contributed by atoms with Gasteiger partial charge in [0.2, 0.25) is 5.91 Å². The van der Waals surface area contributed by atoms with Gasteiger partial charge >= 0.3 is 0 Å². The number of nitrogens with one attached hydrogen (secondary N) is 2. The number of hydrogen-bond donors (Lipinski definition) is 2. The highest BCUT2D eigenvalue weighted by atomic mass is 35.5. The van der Waals surface area contributed by atoms with Crippen LogP contribution in [-0.4, -0.2) is 32.1 Å². The summed E-state index contributed by atoms with van der Waals surface area (Å²) in [6.07, 6.45) is 7.11. The van der Waals surface area contributed by atoms with Gasteiger partial charge in [-0.25, -0.2) is 4.98 Å². The number of pyridine rings is 1. The van der Waals surface area contributed by atoms with Gasteiger partial charge in [0.25, 0.3) is 0 Å². The van der Waals surface area contributed by atoms with E-state index in [1.807, 2.05) is 29.9 Å². The molecular weight excluding hydrogens is 316 g/mol. The van der Waals surface area contributed by atoms with Crippen molar-refractivity contribution in [2.75, 3.05) is 7.05 Å². The first-order chi connectivity index (χ1) is 11.1. The van der Waals surface area contributed by atoms with Gasteiger partial charge in [0.05, 0.1) is 23.5 Å². The number of halogens is 1. The molecule has 1 unspecified atom stereocenters. The molecule has 0 saturated heterocycles. The van der Waals surface area contributed by atoms with Crippen molar-refractivity contribution in [2.24, 2.45) is 7.05 Å². The average molecular weight is 333 g/mol. The molecular formula is C15H17ClN6O. The maximum absolute atomic E-state index is 12.4. The number of nitrogens with zero attached hydrogens (tertiary/aromatic N) is 4. The van der Waals surface area contributed by atoms with Crippen molar-refractivity contribution in [3.05, 3.63) is 53.2 Å². The van der Waals surface area contributed by atoms with Crippen LogP contribution in [-0.2, 0) is 18.4 Å². The van der Waals surface area contributed by atoms with Crippen LogP contribution >= 0.6 is 11.6 Å². The van der Waals surface area contributed by atoms with E-state index in [0.717, 1.165) is 16.9 Å². The summed E-state index contributed by atoms with van der Waals surface area (Å²) < 4.78 is 3.50. The van der Waals surface area contributed by atoms with Gasteiger partial charge < -0.3 is 15.0 Å². The molecule has 0 aromatic carbocycles. The number of amides is 1. The SMILES string of the molecule is CNC(C(=O)NCc1cn2cc(Cl)ccc2n1)c1cnn(C)c1. The monoisotopic (exact) mass is 332 g/mol. The van der Waals surface area contributed by atoms with E-state index in [-0.39, 0.29) is 5.91 Å². The largest absolute Gasteiger partial charge is 0.349 e. The maximum atomic E-state index is 12.4. The highest BCUT2D eigenvalue weighted by Gasteiger charge is 2.20. The van der Waals surface area contributed by atoms with Crippen LogP contribution in [0.1, 0.15) is 17.3 Å². The van der Waals surface area contributed by atoms with Crippen molar-refractivity contribution in [3.63, 3.8) is 0 Å². The molecule has 120 valence electrons. The smallest absolute Gasteiger partial charge is 0.242 e. The van der Waals surface area contributed by atoms with Crippen LogP contribution < -0.4 is 10.6 Å². The lowest BCUT2D eigenvalue weighted by Crippen LogP contribution is -2.35. The molecule has 0 bridgehead atoms. The Kier molecular flexibility index (Phi) is 4.31. The summed E-state index contributed by atoms with van der Waals surface area (Å²) in [4.78, 5) is 16.8. The van der Waals surface area contributed by atoms with Gasteiger partial charge in [-0.1, -0.05) is 11.6 Å². The number of rotatable bonds is 5. The van der Waals surface area contributed by atoms with Crippen LogP contribution in [0.4, 0.5) is 0 Å². The van der Waals surface area contributed by atoms with Gasteiger partial charge in [0.15, 0.2) is 0 Å². The van der Waals surface area contributed by atoms with E-state index >= 15 is 0 Å². The molecule has 2 N–H and O–H groups in total. The first-order valence-electron chi connectivity index (χ1n) is 7.13. The molecule has 3 aromatic heterocycles. The lowest BCUT2D eigenvalue weighted by atomic mass is 10.1. The molecule has 3 heterocycles. The average Bonchev–Trinajstić information content (AvgIpc) is 3.11. The molecule has 0 aliphatic heterocycles. The van der Waals surface area contributed by atoms with Crippen LogP contribution in [0, 0.1) is 0 Å². The number of fused-ring (bicyclic) bond motifs is 1. The van der Waals surface area contributed by atoms with E-state index in [4.69, 9.17) is 11.6 Å². The fourth-order valence-electron chi connectivity index (χ4n) is 2.42. The zero-order chi connectivity index (χ0) is 16.4. The van der Waals surface area contributed by atoms with Crippen molar-refractivity contribution >= 4 is 23.2 Å². The van der Waals surface area contributed by atoms with Gasteiger partial charge in [-0.05, 0) is 19.2 Å². The van der Waals surface area contributed by atoms with E-state index < -0.39 is 6.04 Å². The Bertz CT molecular complexity index is 839. The second-order valence-corrected chi connectivity index (χ2v) is 5.67. The third kappa shape index (κ3) is 3.35. The van der Waals surface area contributed by atoms with Crippen molar-refractivity contribution in [1.82, 2.24) is 29.8 Å². The summed E-state index contributed by atoms with van der Waals surface area (Å²) in [6, 6.07) is 3.17. The summed E-state index contributed by atoms with van der Waals surface area (Å²) in [6.45, 7) is 0.344. The lowest BCUT2D eigenvalue weighted by molar-refractivity contribution is -0.123. The molecule has 3 rings (SSSR count). The van der Waals surface area contributed by atoms with Gasteiger partial charge in [-0.3, -0.25) is 9.48 Å². The highest BCUT2D eigenvalue weighted by Crippen LogP contribution is 2.13. The molecule has 0 aliphatic rings. The zero-order valence-electron chi connectivity index (χ0n) is 12.8. The van der Waals surface area contributed by atoms with Gasteiger partial charge in [0, 0.05) is 31.2 Å². The van der Waals surface area contributed by atoms with Gasteiger partial charge in [0.1, 0.15) is 11.7 Å². The Balaban J connectivity index is 1.69.